The van der Waals surface area contributed by atoms with Crippen molar-refractivity contribution in [2.24, 2.45) is 5.92 Å². The van der Waals surface area contributed by atoms with Gasteiger partial charge in [-0.3, -0.25) is 0 Å². The molecule has 160 valence electrons. The molecule has 2 N–H and O–H groups in total. The molecule has 0 heterocycles. The van der Waals surface area contributed by atoms with Crippen molar-refractivity contribution in [3.8, 4) is 11.1 Å². The fourth-order valence-corrected chi connectivity index (χ4v) is 4.26. The van der Waals surface area contributed by atoms with Crippen LogP contribution in [0.25, 0.3) is 11.1 Å². The van der Waals surface area contributed by atoms with Gasteiger partial charge >= 0.3 is 0 Å². The van der Waals surface area contributed by atoms with Crippen LogP contribution in [0.4, 0.5) is 5.69 Å². The van der Waals surface area contributed by atoms with Crippen LogP contribution in [-0.4, -0.2) is 0 Å². The van der Waals surface area contributed by atoms with Gasteiger partial charge in [0.25, 0.3) is 0 Å². The van der Waals surface area contributed by atoms with E-state index >= 15 is 0 Å². The fraction of sp³-hybridized carbons (Fsp3) is 0.571. The minimum Gasteiger partial charge on any atom is -0.399 e. The van der Waals surface area contributed by atoms with Crippen LogP contribution in [0.3, 0.4) is 0 Å². The predicted octanol–water partition coefficient (Wildman–Crippen LogP) is 8.82. The quantitative estimate of drug-likeness (QED) is 0.237. The molecule has 0 bridgehead atoms. The maximum absolute atomic E-state index is 5.82. The number of benzene rings is 2. The van der Waals surface area contributed by atoms with E-state index in [4.69, 9.17) is 5.73 Å². The van der Waals surface area contributed by atoms with E-state index in [9.17, 15) is 0 Å². The molecule has 0 aromatic heterocycles. The maximum Gasteiger partial charge on any atom is 0.0314 e. The Kier molecular flexibility index (Phi) is 11.6. The molecule has 1 unspecified atom stereocenters. The molecule has 0 saturated carbocycles. The Labute approximate surface area is 180 Å². The van der Waals surface area contributed by atoms with Gasteiger partial charge in [0.2, 0.25) is 0 Å². The van der Waals surface area contributed by atoms with Crippen molar-refractivity contribution in [3.05, 3.63) is 54.1 Å². The lowest BCUT2D eigenvalue weighted by molar-refractivity contribution is 0.402. The van der Waals surface area contributed by atoms with Crippen LogP contribution in [0.15, 0.2) is 48.5 Å². The summed E-state index contributed by atoms with van der Waals surface area (Å²) >= 11 is 0. The molecule has 2 aromatic carbocycles. The predicted molar refractivity (Wildman–Crippen MR) is 130 cm³/mol. The van der Waals surface area contributed by atoms with Crippen molar-refractivity contribution >= 4 is 5.69 Å². The number of hydrogen-bond donors (Lipinski definition) is 1. The number of anilines is 1. The van der Waals surface area contributed by atoms with E-state index in [1.54, 1.807) is 0 Å². The molecular weight excluding hydrogens is 350 g/mol. The smallest absolute Gasteiger partial charge is 0.0314 e. The fourth-order valence-electron chi connectivity index (χ4n) is 4.26. The molecule has 0 aliphatic heterocycles. The molecule has 1 nitrogen and oxygen atoms in total. The van der Waals surface area contributed by atoms with E-state index in [0.29, 0.717) is 0 Å². The highest BCUT2D eigenvalue weighted by molar-refractivity contribution is 5.65. The molecule has 2 rings (SSSR count). The lowest BCUT2D eigenvalue weighted by atomic mass is 9.88. The van der Waals surface area contributed by atoms with Crippen molar-refractivity contribution < 1.29 is 0 Å². The van der Waals surface area contributed by atoms with Gasteiger partial charge in [-0.2, -0.15) is 0 Å². The summed E-state index contributed by atoms with van der Waals surface area (Å²) in [7, 11) is 0. The third-order valence-corrected chi connectivity index (χ3v) is 6.15. The lowest BCUT2D eigenvalue weighted by Gasteiger charge is -2.17. The third-order valence-electron chi connectivity index (χ3n) is 6.15. The Morgan fingerprint density at radius 2 is 1.03 bits per heavy atom. The first kappa shape index (κ1) is 23.5. The number of rotatable bonds is 15. The minimum absolute atomic E-state index is 0.825. The van der Waals surface area contributed by atoms with Crippen molar-refractivity contribution in [1.82, 2.24) is 0 Å². The van der Waals surface area contributed by atoms with Gasteiger partial charge in [-0.15, -0.1) is 0 Å². The van der Waals surface area contributed by atoms with Crippen LogP contribution in [0.1, 0.15) is 96.5 Å². The summed E-state index contributed by atoms with van der Waals surface area (Å²) in [6.07, 6.45) is 18.0. The van der Waals surface area contributed by atoms with Crippen LogP contribution < -0.4 is 5.73 Å². The summed E-state index contributed by atoms with van der Waals surface area (Å²) in [4.78, 5) is 0. The molecule has 0 radical (unpaired) electrons. The van der Waals surface area contributed by atoms with E-state index < -0.39 is 0 Å². The molecule has 0 spiro atoms. The van der Waals surface area contributed by atoms with Crippen LogP contribution in [0, 0.1) is 5.92 Å². The van der Waals surface area contributed by atoms with Gasteiger partial charge in [-0.05, 0) is 41.2 Å². The second-order valence-electron chi connectivity index (χ2n) is 8.79. The zero-order chi connectivity index (χ0) is 20.7. The van der Waals surface area contributed by atoms with Gasteiger partial charge in [0, 0.05) is 5.69 Å². The first-order chi connectivity index (χ1) is 14.2. The second-order valence-corrected chi connectivity index (χ2v) is 8.79. The number of nitrogen functional groups attached to an aromatic ring is 1. The van der Waals surface area contributed by atoms with Gasteiger partial charge in [-0.25, -0.2) is 0 Å². The molecule has 0 aliphatic carbocycles. The second kappa shape index (κ2) is 14.3. The first-order valence-electron chi connectivity index (χ1n) is 12.2. The monoisotopic (exact) mass is 393 g/mol. The lowest BCUT2D eigenvalue weighted by Crippen LogP contribution is -2.05. The average molecular weight is 394 g/mol. The van der Waals surface area contributed by atoms with E-state index in [0.717, 1.165) is 11.6 Å². The van der Waals surface area contributed by atoms with Crippen molar-refractivity contribution in [1.29, 1.82) is 0 Å². The molecule has 2 aromatic rings. The number of unbranched alkanes of at least 4 members (excludes halogenated alkanes) is 8. The van der Waals surface area contributed by atoms with Gasteiger partial charge in [0.05, 0.1) is 0 Å². The zero-order valence-corrected chi connectivity index (χ0v) is 19.0. The molecule has 0 aliphatic rings. The molecule has 0 saturated heterocycles. The van der Waals surface area contributed by atoms with Crippen LogP contribution >= 0.6 is 0 Å². The average Bonchev–Trinajstić information content (AvgIpc) is 2.74. The Balaban J connectivity index is 1.87. The van der Waals surface area contributed by atoms with Gasteiger partial charge in [0.15, 0.2) is 0 Å². The van der Waals surface area contributed by atoms with Crippen LogP contribution in [0.2, 0.25) is 0 Å². The summed E-state index contributed by atoms with van der Waals surface area (Å²) in [5.74, 6) is 0.848. The number of hydrogen-bond acceptors (Lipinski definition) is 1. The van der Waals surface area contributed by atoms with E-state index in [1.807, 2.05) is 12.1 Å². The van der Waals surface area contributed by atoms with Gasteiger partial charge < -0.3 is 5.73 Å². The summed E-state index contributed by atoms with van der Waals surface area (Å²) in [6.45, 7) is 4.60. The third kappa shape index (κ3) is 9.52. The molecule has 0 fully saturated rings. The van der Waals surface area contributed by atoms with Crippen LogP contribution in [-0.2, 0) is 6.42 Å². The van der Waals surface area contributed by atoms with E-state index in [-0.39, 0.29) is 0 Å². The van der Waals surface area contributed by atoms with Gasteiger partial charge in [0.1, 0.15) is 0 Å². The molecule has 1 heteroatoms. The highest BCUT2D eigenvalue weighted by Crippen LogP contribution is 2.25. The molecule has 1 atom stereocenters. The van der Waals surface area contributed by atoms with E-state index in [2.05, 4.69) is 50.2 Å². The summed E-state index contributed by atoms with van der Waals surface area (Å²) < 4.78 is 0. The van der Waals surface area contributed by atoms with Gasteiger partial charge in [-0.1, -0.05) is 127 Å². The number of nitrogens with two attached hydrogens (primary N) is 1. The molecule has 0 amide bonds. The maximum atomic E-state index is 5.82. The first-order valence-corrected chi connectivity index (χ1v) is 12.2. The Morgan fingerprint density at radius 1 is 0.586 bits per heavy atom. The van der Waals surface area contributed by atoms with Crippen molar-refractivity contribution in [2.45, 2.75) is 97.3 Å². The topological polar surface area (TPSA) is 26.0 Å². The normalized spacial score (nSPS) is 12.2. The Bertz CT molecular complexity index is 641. The van der Waals surface area contributed by atoms with Crippen LogP contribution in [0.5, 0.6) is 0 Å². The Morgan fingerprint density at radius 3 is 1.59 bits per heavy atom. The zero-order valence-electron chi connectivity index (χ0n) is 19.0. The highest BCUT2D eigenvalue weighted by atomic mass is 14.5. The summed E-state index contributed by atoms with van der Waals surface area (Å²) in [5, 5.41) is 0. The molecular formula is C28H43N. The standard InChI is InChI=1S/C28H43N/c1-3-5-7-9-10-12-14-24(13-11-8-6-4-2)23-25-15-17-26(18-16-25)27-19-21-28(29)22-20-27/h15-22,24H,3-14,23,29H2,1-2H3. The molecule has 29 heavy (non-hydrogen) atoms. The highest BCUT2D eigenvalue weighted by Gasteiger charge is 2.10. The minimum atomic E-state index is 0.825. The summed E-state index contributed by atoms with van der Waals surface area (Å²) in [5.41, 5.74) is 10.7. The van der Waals surface area contributed by atoms with Crippen molar-refractivity contribution in [3.63, 3.8) is 0 Å². The van der Waals surface area contributed by atoms with Crippen molar-refractivity contribution in [2.75, 3.05) is 5.73 Å². The summed E-state index contributed by atoms with van der Waals surface area (Å²) in [6, 6.07) is 17.4. The SMILES string of the molecule is CCCCCCCCC(CCCCCC)Cc1ccc(-c2ccc(N)cc2)cc1. The Hall–Kier alpha value is -1.76. The largest absolute Gasteiger partial charge is 0.399 e. The van der Waals surface area contributed by atoms with E-state index in [1.165, 1.54) is 100 Å².